The maximum atomic E-state index is 14.0. The molecule has 4 rings (SSSR count). The number of amides is 3. The Bertz CT molecular complexity index is 913. The monoisotopic (exact) mass is 387 g/mol. The Morgan fingerprint density at radius 1 is 1.14 bits per heavy atom. The number of carbonyl (C=O) groups excluding carboxylic acids is 2. The van der Waals surface area contributed by atoms with Crippen LogP contribution in [0.5, 0.6) is 0 Å². The van der Waals surface area contributed by atoms with E-state index in [9.17, 15) is 18.4 Å². The van der Waals surface area contributed by atoms with Crippen LogP contribution in [-0.2, 0) is 10.2 Å². The average Bonchev–Trinajstić information content (AvgIpc) is 3.33. The first kappa shape index (κ1) is 18.2. The molecule has 1 aliphatic carbocycles. The number of ether oxygens (including phenoxy) is 1. The summed E-state index contributed by atoms with van der Waals surface area (Å²) in [5, 5.41) is 5.46. The molecule has 2 N–H and O–H groups in total. The van der Waals surface area contributed by atoms with E-state index >= 15 is 0 Å². The number of carbonyl (C=O) groups is 2. The van der Waals surface area contributed by atoms with Gasteiger partial charge in [-0.25, -0.2) is 18.4 Å². The van der Waals surface area contributed by atoms with Crippen LogP contribution < -0.4 is 15.5 Å². The van der Waals surface area contributed by atoms with Crippen molar-refractivity contribution < 1.29 is 23.1 Å². The van der Waals surface area contributed by atoms with E-state index in [1.165, 1.54) is 17.0 Å². The van der Waals surface area contributed by atoms with Gasteiger partial charge in [0.1, 0.15) is 18.2 Å². The molecule has 0 spiro atoms. The molecular weight excluding hydrogens is 368 g/mol. The number of rotatable bonds is 5. The van der Waals surface area contributed by atoms with E-state index in [-0.39, 0.29) is 12.6 Å². The lowest BCUT2D eigenvalue weighted by Crippen LogP contribution is -2.35. The van der Waals surface area contributed by atoms with E-state index in [1.54, 1.807) is 24.3 Å². The number of urea groups is 1. The van der Waals surface area contributed by atoms with Crippen molar-refractivity contribution in [3.05, 3.63) is 59.7 Å². The van der Waals surface area contributed by atoms with E-state index in [1.807, 2.05) is 0 Å². The van der Waals surface area contributed by atoms with Gasteiger partial charge in [-0.05, 0) is 48.7 Å². The molecule has 0 unspecified atom stereocenters. The van der Waals surface area contributed by atoms with E-state index in [4.69, 9.17) is 4.74 Å². The summed E-state index contributed by atoms with van der Waals surface area (Å²) in [5.41, 5.74) is 1.20. The number of nitrogens with zero attached hydrogens (tertiary/aromatic N) is 1. The number of anilines is 2. The molecule has 2 fully saturated rings. The predicted octanol–water partition coefficient (Wildman–Crippen LogP) is 3.77. The summed E-state index contributed by atoms with van der Waals surface area (Å²) in [6.07, 6.45) is 1.08. The smallest absolute Gasteiger partial charge is 0.414 e. The predicted molar refractivity (Wildman–Crippen MR) is 99.4 cm³/mol. The van der Waals surface area contributed by atoms with Crippen LogP contribution in [0.3, 0.4) is 0 Å². The van der Waals surface area contributed by atoms with Gasteiger partial charge in [0.25, 0.3) is 0 Å². The van der Waals surface area contributed by atoms with E-state index in [2.05, 4.69) is 10.6 Å². The van der Waals surface area contributed by atoms with Gasteiger partial charge >= 0.3 is 12.1 Å². The minimum Gasteiger partial charge on any atom is -0.447 e. The van der Waals surface area contributed by atoms with Crippen molar-refractivity contribution in [1.82, 2.24) is 5.32 Å². The molecule has 6 nitrogen and oxygen atoms in total. The van der Waals surface area contributed by atoms with Crippen LogP contribution in [-0.4, -0.2) is 31.8 Å². The van der Waals surface area contributed by atoms with Gasteiger partial charge in [-0.15, -0.1) is 0 Å². The summed E-state index contributed by atoms with van der Waals surface area (Å²) in [7, 11) is 0. The van der Waals surface area contributed by atoms with Gasteiger partial charge in [-0.2, -0.15) is 0 Å². The van der Waals surface area contributed by atoms with Crippen LogP contribution in [0.1, 0.15) is 18.4 Å². The zero-order valence-electron chi connectivity index (χ0n) is 15.0. The molecular formula is C20H19F2N3O3. The van der Waals surface area contributed by atoms with Crippen molar-refractivity contribution >= 4 is 23.5 Å². The normalized spacial score (nSPS) is 17.2. The Hall–Kier alpha value is -3.16. The molecule has 1 aliphatic heterocycles. The second kappa shape index (κ2) is 7.10. The third kappa shape index (κ3) is 3.62. The molecule has 1 saturated heterocycles. The quantitative estimate of drug-likeness (QED) is 0.820. The van der Waals surface area contributed by atoms with E-state index < -0.39 is 23.1 Å². The number of halogens is 2. The van der Waals surface area contributed by atoms with Gasteiger partial charge in [0.2, 0.25) is 0 Å². The number of hydrogen-bond acceptors (Lipinski definition) is 3. The van der Waals surface area contributed by atoms with Crippen molar-refractivity contribution in [1.29, 1.82) is 0 Å². The highest BCUT2D eigenvalue weighted by Gasteiger charge is 2.46. The number of cyclic esters (lactones) is 1. The Kier molecular flexibility index (Phi) is 4.62. The summed E-state index contributed by atoms with van der Waals surface area (Å²) >= 11 is 0. The fourth-order valence-electron chi connectivity index (χ4n) is 3.39. The summed E-state index contributed by atoms with van der Waals surface area (Å²) < 4.78 is 32.1. The van der Waals surface area contributed by atoms with Gasteiger partial charge in [-0.3, -0.25) is 4.90 Å². The minimum absolute atomic E-state index is 0.263. The van der Waals surface area contributed by atoms with Crippen LogP contribution >= 0.6 is 0 Å². The van der Waals surface area contributed by atoms with Gasteiger partial charge in [0, 0.05) is 29.4 Å². The zero-order valence-corrected chi connectivity index (χ0v) is 15.0. The second-order valence-electron chi connectivity index (χ2n) is 7.03. The molecule has 2 aliphatic rings. The summed E-state index contributed by atoms with van der Waals surface area (Å²) in [6, 6.07) is 9.95. The average molecular weight is 387 g/mol. The van der Waals surface area contributed by atoms with Crippen LogP contribution in [0, 0.1) is 11.6 Å². The topological polar surface area (TPSA) is 70.7 Å². The minimum atomic E-state index is -0.617. The summed E-state index contributed by atoms with van der Waals surface area (Å²) in [4.78, 5) is 25.3. The third-order valence-corrected chi connectivity index (χ3v) is 5.14. The molecule has 28 heavy (non-hydrogen) atoms. The van der Waals surface area contributed by atoms with Gasteiger partial charge in [-0.1, -0.05) is 6.07 Å². The van der Waals surface area contributed by atoms with Gasteiger partial charge in [0.15, 0.2) is 0 Å². The lowest BCUT2D eigenvalue weighted by molar-refractivity contribution is 0.181. The van der Waals surface area contributed by atoms with Crippen molar-refractivity contribution in [3.8, 4) is 0 Å². The molecule has 0 atom stereocenters. The molecule has 0 radical (unpaired) electrons. The van der Waals surface area contributed by atoms with E-state index in [0.717, 1.165) is 18.9 Å². The van der Waals surface area contributed by atoms with Gasteiger partial charge < -0.3 is 15.4 Å². The van der Waals surface area contributed by atoms with Crippen molar-refractivity contribution in [2.75, 3.05) is 29.9 Å². The highest BCUT2D eigenvalue weighted by atomic mass is 19.1. The standard InChI is InChI=1S/C20H19F2N3O3/c21-13-1-6-16(17(22)11-13)20(7-8-20)12-23-18(26)24-14-2-4-15(5-3-14)25-9-10-28-19(25)27/h1-6,11H,7-10,12H2,(H2,23,24,26). The highest BCUT2D eigenvalue weighted by molar-refractivity contribution is 5.91. The third-order valence-electron chi connectivity index (χ3n) is 5.14. The largest absolute Gasteiger partial charge is 0.447 e. The van der Waals surface area contributed by atoms with Crippen molar-refractivity contribution in [2.24, 2.45) is 0 Å². The molecule has 8 heteroatoms. The maximum Gasteiger partial charge on any atom is 0.414 e. The Morgan fingerprint density at radius 3 is 2.50 bits per heavy atom. The van der Waals surface area contributed by atoms with Gasteiger partial charge in [0.05, 0.1) is 6.54 Å². The Morgan fingerprint density at radius 2 is 1.89 bits per heavy atom. The fraction of sp³-hybridized carbons (Fsp3) is 0.300. The highest BCUT2D eigenvalue weighted by Crippen LogP contribution is 2.48. The second-order valence-corrected chi connectivity index (χ2v) is 7.03. The van der Waals surface area contributed by atoms with Crippen LogP contribution in [0.15, 0.2) is 42.5 Å². The lowest BCUT2D eigenvalue weighted by atomic mass is 9.95. The fourth-order valence-corrected chi connectivity index (χ4v) is 3.39. The number of hydrogen-bond donors (Lipinski definition) is 2. The van der Waals surface area contributed by atoms with Crippen LogP contribution in [0.4, 0.5) is 29.7 Å². The van der Waals surface area contributed by atoms with Crippen molar-refractivity contribution in [3.63, 3.8) is 0 Å². The first-order valence-corrected chi connectivity index (χ1v) is 9.02. The molecule has 1 saturated carbocycles. The van der Waals surface area contributed by atoms with Crippen molar-refractivity contribution in [2.45, 2.75) is 18.3 Å². The SMILES string of the molecule is O=C(NCC1(c2ccc(F)cc2F)CC1)Nc1ccc(N2CCOC2=O)cc1. The van der Waals surface area contributed by atoms with E-state index in [0.29, 0.717) is 30.1 Å². The molecule has 2 aromatic rings. The zero-order chi connectivity index (χ0) is 19.7. The molecule has 0 bridgehead atoms. The molecule has 146 valence electrons. The molecule has 1 heterocycles. The summed E-state index contributed by atoms with van der Waals surface area (Å²) in [5.74, 6) is -1.20. The summed E-state index contributed by atoms with van der Waals surface area (Å²) in [6.45, 7) is 1.12. The number of nitrogens with one attached hydrogen (secondary N) is 2. The lowest BCUT2D eigenvalue weighted by Gasteiger charge is -2.18. The first-order chi connectivity index (χ1) is 13.5. The maximum absolute atomic E-state index is 14.0. The number of benzene rings is 2. The molecule has 3 amide bonds. The van der Waals surface area contributed by atoms with Crippen LogP contribution in [0.2, 0.25) is 0 Å². The molecule has 2 aromatic carbocycles. The Labute approximate surface area is 160 Å². The first-order valence-electron chi connectivity index (χ1n) is 9.02. The van der Waals surface area contributed by atoms with Crippen LogP contribution in [0.25, 0.3) is 0 Å². The Balaban J connectivity index is 1.34. The molecule has 0 aromatic heterocycles.